The molecule has 0 aliphatic carbocycles. The highest BCUT2D eigenvalue weighted by Gasteiger charge is 2.10. The van der Waals surface area contributed by atoms with E-state index >= 15 is 0 Å². The Bertz CT molecular complexity index is 793. The van der Waals surface area contributed by atoms with Gasteiger partial charge in [0.15, 0.2) is 6.61 Å². The summed E-state index contributed by atoms with van der Waals surface area (Å²) in [6.45, 7) is -0.181. The van der Waals surface area contributed by atoms with Crippen LogP contribution in [0.4, 0.5) is 5.69 Å². The number of ether oxygens (including phenoxy) is 1. The van der Waals surface area contributed by atoms with Crippen LogP contribution in [0.3, 0.4) is 0 Å². The lowest BCUT2D eigenvalue weighted by Gasteiger charge is -2.09. The number of primary sulfonamides is 1. The van der Waals surface area contributed by atoms with Gasteiger partial charge in [-0.05, 0) is 52.9 Å². The zero-order chi connectivity index (χ0) is 16.2. The summed E-state index contributed by atoms with van der Waals surface area (Å²) in [6, 6.07) is 13.0. The average Bonchev–Trinajstić information content (AvgIpc) is 2.46. The molecule has 0 aromatic heterocycles. The van der Waals surface area contributed by atoms with Crippen molar-refractivity contribution in [2.75, 3.05) is 11.9 Å². The lowest BCUT2D eigenvalue weighted by atomic mass is 10.3. The third-order valence-corrected chi connectivity index (χ3v) is 4.44. The number of halogens is 1. The molecule has 22 heavy (non-hydrogen) atoms. The lowest BCUT2D eigenvalue weighted by molar-refractivity contribution is -0.118. The Kier molecular flexibility index (Phi) is 5.37. The molecule has 8 heteroatoms. The molecule has 0 saturated heterocycles. The highest BCUT2D eigenvalue weighted by atomic mass is 127. The number of nitrogens with two attached hydrogens (primary N) is 1. The number of amides is 1. The molecule has 2 aromatic carbocycles. The van der Waals surface area contributed by atoms with Crippen LogP contribution < -0.4 is 15.2 Å². The topological polar surface area (TPSA) is 98.5 Å². The molecule has 0 heterocycles. The van der Waals surface area contributed by atoms with Gasteiger partial charge in [0.2, 0.25) is 10.0 Å². The van der Waals surface area contributed by atoms with E-state index in [1.807, 2.05) is 18.2 Å². The molecule has 0 bridgehead atoms. The first-order chi connectivity index (χ1) is 10.4. The van der Waals surface area contributed by atoms with Gasteiger partial charge in [-0.2, -0.15) is 0 Å². The summed E-state index contributed by atoms with van der Waals surface area (Å²) in [5.74, 6) is 0.211. The minimum absolute atomic E-state index is 0.0659. The molecule has 6 nitrogen and oxygen atoms in total. The van der Waals surface area contributed by atoms with Crippen LogP contribution in [0.1, 0.15) is 0 Å². The number of hydrogen-bond acceptors (Lipinski definition) is 4. The molecular formula is C14H13IN2O4S. The van der Waals surface area contributed by atoms with E-state index in [2.05, 4.69) is 27.9 Å². The van der Waals surface area contributed by atoms with Crippen LogP contribution in [0.5, 0.6) is 5.75 Å². The Hall–Kier alpha value is -1.65. The first kappa shape index (κ1) is 16.7. The van der Waals surface area contributed by atoms with Crippen LogP contribution in [-0.4, -0.2) is 20.9 Å². The second-order valence-electron chi connectivity index (χ2n) is 4.34. The molecule has 0 spiro atoms. The van der Waals surface area contributed by atoms with E-state index < -0.39 is 15.9 Å². The quantitative estimate of drug-likeness (QED) is 0.706. The van der Waals surface area contributed by atoms with E-state index in [4.69, 9.17) is 9.88 Å². The number of hydrogen-bond donors (Lipinski definition) is 2. The lowest BCUT2D eigenvalue weighted by Crippen LogP contribution is -2.21. The van der Waals surface area contributed by atoms with Crippen LogP contribution >= 0.6 is 22.6 Å². The average molecular weight is 432 g/mol. The van der Waals surface area contributed by atoms with Gasteiger partial charge in [-0.1, -0.05) is 18.2 Å². The van der Waals surface area contributed by atoms with E-state index in [9.17, 15) is 13.2 Å². The molecule has 2 rings (SSSR count). The predicted molar refractivity (Wildman–Crippen MR) is 91.1 cm³/mol. The monoisotopic (exact) mass is 432 g/mol. The molecule has 3 N–H and O–H groups in total. The molecule has 0 aliphatic heterocycles. The summed E-state index contributed by atoms with van der Waals surface area (Å²) in [7, 11) is -3.81. The van der Waals surface area contributed by atoms with Crippen molar-refractivity contribution in [2.24, 2.45) is 5.14 Å². The van der Waals surface area contributed by atoms with Gasteiger partial charge in [-0.3, -0.25) is 4.79 Å². The number of carbonyl (C=O) groups is 1. The Morgan fingerprint density at radius 1 is 1.18 bits per heavy atom. The SMILES string of the molecule is NS(=O)(=O)c1cccc(NC(=O)COc2ccccc2I)c1. The summed E-state index contributed by atoms with van der Waals surface area (Å²) in [5.41, 5.74) is 0.336. The Morgan fingerprint density at radius 3 is 2.59 bits per heavy atom. The standard InChI is InChI=1S/C14H13IN2O4S/c15-12-6-1-2-7-13(12)21-9-14(18)17-10-4-3-5-11(8-10)22(16,19)20/h1-8H,9H2,(H,17,18)(H2,16,19,20). The molecule has 1 amide bonds. The molecular weight excluding hydrogens is 419 g/mol. The third kappa shape index (κ3) is 4.68. The number of anilines is 1. The second kappa shape index (κ2) is 7.07. The normalized spacial score (nSPS) is 11.0. The fourth-order valence-electron chi connectivity index (χ4n) is 1.65. The summed E-state index contributed by atoms with van der Waals surface area (Å²) in [4.78, 5) is 11.8. The molecule has 0 radical (unpaired) electrons. The molecule has 0 fully saturated rings. The van der Waals surface area contributed by atoms with Crippen molar-refractivity contribution in [3.63, 3.8) is 0 Å². The van der Waals surface area contributed by atoms with E-state index in [1.165, 1.54) is 18.2 Å². The number of carbonyl (C=O) groups excluding carboxylic acids is 1. The Balaban J connectivity index is 2.00. The van der Waals surface area contributed by atoms with E-state index in [1.54, 1.807) is 12.1 Å². The third-order valence-electron chi connectivity index (χ3n) is 2.64. The summed E-state index contributed by atoms with van der Waals surface area (Å²) in [6.07, 6.45) is 0. The van der Waals surface area contributed by atoms with Crippen molar-refractivity contribution < 1.29 is 17.9 Å². The predicted octanol–water partition coefficient (Wildman–Crippen LogP) is 1.96. The van der Waals surface area contributed by atoms with Crippen molar-refractivity contribution in [1.82, 2.24) is 0 Å². The number of nitrogens with one attached hydrogen (secondary N) is 1. The maximum Gasteiger partial charge on any atom is 0.262 e. The van der Waals surface area contributed by atoms with Gasteiger partial charge in [0.05, 0.1) is 8.47 Å². The largest absolute Gasteiger partial charge is 0.483 e. The molecule has 0 atom stereocenters. The van der Waals surface area contributed by atoms with Crippen molar-refractivity contribution in [3.8, 4) is 5.75 Å². The maximum atomic E-state index is 11.8. The van der Waals surface area contributed by atoms with Crippen molar-refractivity contribution in [2.45, 2.75) is 4.90 Å². The van der Waals surface area contributed by atoms with Gasteiger partial charge in [0.25, 0.3) is 5.91 Å². The summed E-state index contributed by atoms with van der Waals surface area (Å²) in [5, 5.41) is 7.60. The summed E-state index contributed by atoms with van der Waals surface area (Å²) < 4.78 is 28.8. The maximum absolute atomic E-state index is 11.8. The minimum atomic E-state index is -3.81. The Morgan fingerprint density at radius 2 is 1.91 bits per heavy atom. The number of rotatable bonds is 5. The number of benzene rings is 2. The first-order valence-corrected chi connectivity index (χ1v) is 8.79. The fourth-order valence-corrected chi connectivity index (χ4v) is 2.76. The van der Waals surface area contributed by atoms with Gasteiger partial charge in [-0.15, -0.1) is 0 Å². The van der Waals surface area contributed by atoms with Gasteiger partial charge < -0.3 is 10.1 Å². The highest BCUT2D eigenvalue weighted by Crippen LogP contribution is 2.19. The number of para-hydroxylation sites is 1. The molecule has 0 unspecified atom stereocenters. The van der Waals surface area contributed by atoms with Crippen LogP contribution in [0.15, 0.2) is 53.4 Å². The summed E-state index contributed by atoms with van der Waals surface area (Å²) >= 11 is 2.11. The molecule has 0 aliphatic rings. The van der Waals surface area contributed by atoms with Crippen LogP contribution in [0.25, 0.3) is 0 Å². The van der Waals surface area contributed by atoms with E-state index in [0.717, 1.165) is 3.57 Å². The molecule has 2 aromatic rings. The van der Waals surface area contributed by atoms with Crippen LogP contribution in [0.2, 0.25) is 0 Å². The molecule has 116 valence electrons. The van der Waals surface area contributed by atoms with Crippen LogP contribution in [0, 0.1) is 3.57 Å². The van der Waals surface area contributed by atoms with E-state index in [0.29, 0.717) is 11.4 Å². The van der Waals surface area contributed by atoms with Gasteiger partial charge in [-0.25, -0.2) is 13.6 Å². The van der Waals surface area contributed by atoms with Crippen LogP contribution in [-0.2, 0) is 14.8 Å². The molecule has 0 saturated carbocycles. The first-order valence-electron chi connectivity index (χ1n) is 6.16. The zero-order valence-electron chi connectivity index (χ0n) is 11.3. The van der Waals surface area contributed by atoms with E-state index in [-0.39, 0.29) is 11.5 Å². The van der Waals surface area contributed by atoms with Crippen molar-refractivity contribution >= 4 is 44.2 Å². The second-order valence-corrected chi connectivity index (χ2v) is 7.06. The zero-order valence-corrected chi connectivity index (χ0v) is 14.3. The Labute approximate surface area is 141 Å². The highest BCUT2D eigenvalue weighted by molar-refractivity contribution is 14.1. The smallest absolute Gasteiger partial charge is 0.262 e. The minimum Gasteiger partial charge on any atom is -0.483 e. The van der Waals surface area contributed by atoms with Gasteiger partial charge in [0.1, 0.15) is 5.75 Å². The van der Waals surface area contributed by atoms with Gasteiger partial charge >= 0.3 is 0 Å². The van der Waals surface area contributed by atoms with Gasteiger partial charge in [0, 0.05) is 5.69 Å². The van der Waals surface area contributed by atoms with Crippen molar-refractivity contribution in [1.29, 1.82) is 0 Å². The van der Waals surface area contributed by atoms with Crippen molar-refractivity contribution in [3.05, 3.63) is 52.1 Å². The fraction of sp³-hybridized carbons (Fsp3) is 0.0714. The number of sulfonamides is 1.